The molecular formula is C15H15FO4. The maximum atomic E-state index is 12.7. The fraction of sp³-hybridized carbons (Fsp3) is 0.200. The quantitative estimate of drug-likeness (QED) is 0.642. The molecule has 0 unspecified atom stereocenters. The van der Waals surface area contributed by atoms with Crippen LogP contribution in [0.5, 0.6) is 0 Å². The van der Waals surface area contributed by atoms with E-state index in [0.717, 1.165) is 0 Å². The molecule has 1 N–H and O–H groups in total. The van der Waals surface area contributed by atoms with Crippen LogP contribution in [0.3, 0.4) is 0 Å². The Labute approximate surface area is 116 Å². The molecule has 4 nitrogen and oxygen atoms in total. The van der Waals surface area contributed by atoms with Crippen molar-refractivity contribution in [3.8, 4) is 0 Å². The van der Waals surface area contributed by atoms with E-state index in [-0.39, 0.29) is 24.2 Å². The standard InChI is InChI=1S/C15H15FO4/c1-10(2)15(19)20-8-7-12(14(17)18)9-11-3-5-13(16)6-4-11/h3-6,9H,1,7-8H2,2H3,(H,17,18). The number of halogens is 1. The zero-order chi connectivity index (χ0) is 15.1. The van der Waals surface area contributed by atoms with Crippen molar-refractivity contribution in [2.24, 2.45) is 0 Å². The molecule has 1 rings (SSSR count). The Kier molecular flexibility index (Phi) is 5.65. The summed E-state index contributed by atoms with van der Waals surface area (Å²) in [6.07, 6.45) is 1.47. The van der Waals surface area contributed by atoms with E-state index in [1.807, 2.05) is 0 Å². The second-order valence-electron chi connectivity index (χ2n) is 4.19. The molecule has 0 radical (unpaired) electrons. The van der Waals surface area contributed by atoms with Gasteiger partial charge in [-0.05, 0) is 30.7 Å². The molecule has 0 aromatic heterocycles. The number of carboxylic acid groups (broad SMARTS) is 1. The van der Waals surface area contributed by atoms with Gasteiger partial charge >= 0.3 is 11.9 Å². The number of hydrogen-bond acceptors (Lipinski definition) is 3. The zero-order valence-corrected chi connectivity index (χ0v) is 11.1. The van der Waals surface area contributed by atoms with Crippen LogP contribution in [0.1, 0.15) is 18.9 Å². The van der Waals surface area contributed by atoms with Crippen LogP contribution in [-0.4, -0.2) is 23.7 Å². The van der Waals surface area contributed by atoms with E-state index in [4.69, 9.17) is 9.84 Å². The zero-order valence-electron chi connectivity index (χ0n) is 11.1. The van der Waals surface area contributed by atoms with Crippen molar-refractivity contribution in [2.75, 3.05) is 6.61 Å². The molecule has 0 heterocycles. The summed E-state index contributed by atoms with van der Waals surface area (Å²) in [5, 5.41) is 9.06. The third kappa shape index (κ3) is 5.06. The van der Waals surface area contributed by atoms with Crippen molar-refractivity contribution < 1.29 is 23.8 Å². The van der Waals surface area contributed by atoms with E-state index < -0.39 is 17.8 Å². The van der Waals surface area contributed by atoms with Crippen LogP contribution < -0.4 is 0 Å². The molecule has 0 aliphatic rings. The van der Waals surface area contributed by atoms with Gasteiger partial charge in [-0.2, -0.15) is 0 Å². The number of carboxylic acids is 1. The third-order valence-electron chi connectivity index (χ3n) is 2.44. The highest BCUT2D eigenvalue weighted by Crippen LogP contribution is 2.12. The largest absolute Gasteiger partial charge is 0.478 e. The summed E-state index contributed by atoms with van der Waals surface area (Å²) in [4.78, 5) is 22.2. The molecule has 1 aromatic carbocycles. The van der Waals surface area contributed by atoms with Gasteiger partial charge in [0.2, 0.25) is 0 Å². The summed E-state index contributed by atoms with van der Waals surface area (Å²) >= 11 is 0. The van der Waals surface area contributed by atoms with Gasteiger partial charge in [-0.25, -0.2) is 14.0 Å². The molecule has 0 aliphatic heterocycles. The Bertz CT molecular complexity index is 543. The molecule has 0 fully saturated rings. The number of esters is 1. The van der Waals surface area contributed by atoms with E-state index in [1.54, 1.807) is 0 Å². The maximum Gasteiger partial charge on any atom is 0.333 e. The van der Waals surface area contributed by atoms with E-state index in [1.165, 1.54) is 37.3 Å². The molecule has 0 bridgehead atoms. The first-order chi connectivity index (χ1) is 9.40. The van der Waals surface area contributed by atoms with Crippen LogP contribution >= 0.6 is 0 Å². The predicted molar refractivity (Wildman–Crippen MR) is 72.4 cm³/mol. The van der Waals surface area contributed by atoms with Crippen molar-refractivity contribution in [3.63, 3.8) is 0 Å². The highest BCUT2D eigenvalue weighted by Gasteiger charge is 2.10. The molecule has 0 aliphatic carbocycles. The summed E-state index contributed by atoms with van der Waals surface area (Å²) in [6.45, 7) is 4.88. The molecule has 0 atom stereocenters. The van der Waals surface area contributed by atoms with Crippen LogP contribution in [0.4, 0.5) is 4.39 Å². The number of carbonyl (C=O) groups is 2. The SMILES string of the molecule is C=C(C)C(=O)OCCC(=Cc1ccc(F)cc1)C(=O)O. The lowest BCUT2D eigenvalue weighted by molar-refractivity contribution is -0.139. The first-order valence-corrected chi connectivity index (χ1v) is 5.92. The summed E-state index contributed by atoms with van der Waals surface area (Å²) in [5.41, 5.74) is 0.894. The van der Waals surface area contributed by atoms with Crippen molar-refractivity contribution in [3.05, 3.63) is 53.4 Å². The number of ether oxygens (including phenoxy) is 1. The van der Waals surface area contributed by atoms with Crippen LogP contribution in [0, 0.1) is 5.82 Å². The summed E-state index contributed by atoms with van der Waals surface area (Å²) in [5.74, 6) is -2.06. The van der Waals surface area contributed by atoms with Crippen LogP contribution in [0.2, 0.25) is 0 Å². The second kappa shape index (κ2) is 7.23. The third-order valence-corrected chi connectivity index (χ3v) is 2.44. The van der Waals surface area contributed by atoms with Crippen molar-refractivity contribution in [2.45, 2.75) is 13.3 Å². The number of carbonyl (C=O) groups excluding carboxylic acids is 1. The minimum absolute atomic E-state index is 0.0506. The van der Waals surface area contributed by atoms with Crippen LogP contribution in [0.25, 0.3) is 6.08 Å². The van der Waals surface area contributed by atoms with E-state index in [2.05, 4.69) is 6.58 Å². The fourth-order valence-electron chi connectivity index (χ4n) is 1.38. The predicted octanol–water partition coefficient (Wildman–Crippen LogP) is 2.80. The van der Waals surface area contributed by atoms with Gasteiger partial charge in [0.15, 0.2) is 0 Å². The van der Waals surface area contributed by atoms with Gasteiger partial charge in [-0.15, -0.1) is 0 Å². The minimum Gasteiger partial charge on any atom is -0.478 e. The molecular weight excluding hydrogens is 263 g/mol. The molecule has 0 amide bonds. The lowest BCUT2D eigenvalue weighted by Gasteiger charge is -2.05. The average molecular weight is 278 g/mol. The molecule has 20 heavy (non-hydrogen) atoms. The minimum atomic E-state index is -1.11. The van der Waals surface area contributed by atoms with E-state index >= 15 is 0 Å². The Balaban J connectivity index is 2.70. The monoisotopic (exact) mass is 278 g/mol. The van der Waals surface area contributed by atoms with Crippen molar-refractivity contribution in [1.82, 2.24) is 0 Å². The molecule has 106 valence electrons. The fourth-order valence-corrected chi connectivity index (χ4v) is 1.38. The van der Waals surface area contributed by atoms with E-state index in [0.29, 0.717) is 5.56 Å². The molecule has 0 spiro atoms. The smallest absolute Gasteiger partial charge is 0.333 e. The number of benzene rings is 1. The summed E-state index contributed by atoms with van der Waals surface area (Å²) in [6, 6.07) is 5.43. The Hall–Kier alpha value is -2.43. The second-order valence-corrected chi connectivity index (χ2v) is 4.19. The Morgan fingerprint density at radius 3 is 2.45 bits per heavy atom. The summed E-state index contributed by atoms with van der Waals surface area (Å²) in [7, 11) is 0. The molecule has 1 aromatic rings. The Morgan fingerprint density at radius 1 is 1.35 bits per heavy atom. The van der Waals surface area contributed by atoms with E-state index in [9.17, 15) is 14.0 Å². The maximum absolute atomic E-state index is 12.7. The van der Waals surface area contributed by atoms with Crippen molar-refractivity contribution in [1.29, 1.82) is 0 Å². The van der Waals surface area contributed by atoms with Gasteiger partial charge in [-0.3, -0.25) is 0 Å². The highest BCUT2D eigenvalue weighted by molar-refractivity contribution is 5.92. The Morgan fingerprint density at radius 2 is 1.95 bits per heavy atom. The van der Waals surface area contributed by atoms with Crippen LogP contribution in [-0.2, 0) is 14.3 Å². The summed E-state index contributed by atoms with van der Waals surface area (Å²) < 4.78 is 17.6. The highest BCUT2D eigenvalue weighted by atomic mass is 19.1. The van der Waals surface area contributed by atoms with Gasteiger partial charge in [-0.1, -0.05) is 18.7 Å². The normalized spacial score (nSPS) is 11.0. The number of aliphatic carboxylic acids is 1. The van der Waals surface area contributed by atoms with Crippen molar-refractivity contribution >= 4 is 18.0 Å². The lowest BCUT2D eigenvalue weighted by atomic mass is 10.1. The van der Waals surface area contributed by atoms with Gasteiger partial charge in [0.1, 0.15) is 5.82 Å². The van der Waals surface area contributed by atoms with Gasteiger partial charge in [0, 0.05) is 17.6 Å². The van der Waals surface area contributed by atoms with Gasteiger partial charge < -0.3 is 9.84 Å². The lowest BCUT2D eigenvalue weighted by Crippen LogP contribution is -2.09. The molecule has 0 saturated carbocycles. The topological polar surface area (TPSA) is 63.6 Å². The van der Waals surface area contributed by atoms with Crippen LogP contribution in [0.15, 0.2) is 42.0 Å². The van der Waals surface area contributed by atoms with Gasteiger partial charge in [0.25, 0.3) is 0 Å². The first-order valence-electron chi connectivity index (χ1n) is 5.92. The number of hydrogen-bond donors (Lipinski definition) is 1. The first kappa shape index (κ1) is 15.6. The number of rotatable bonds is 6. The molecule has 0 saturated heterocycles. The van der Waals surface area contributed by atoms with Gasteiger partial charge in [0.05, 0.1) is 6.61 Å². The average Bonchev–Trinajstić information content (AvgIpc) is 2.39. The molecule has 5 heteroatoms.